The second-order valence-electron chi connectivity index (χ2n) is 6.25. The second kappa shape index (κ2) is 8.11. The van der Waals surface area contributed by atoms with Gasteiger partial charge in [0.15, 0.2) is 4.80 Å². The fourth-order valence-electron chi connectivity index (χ4n) is 3.16. The standard InChI is InChI=1S/C22H20N2OS2/c1-2-24-19-13-12-17-10-6-7-11-18(17)21(19)27-22(24)23-20(25)15-26-14-16-8-4-3-5-9-16/h3-13H,2,14-15H2,1H3. The first-order valence-electron chi connectivity index (χ1n) is 8.96. The highest BCUT2D eigenvalue weighted by Gasteiger charge is 2.09. The zero-order valence-electron chi connectivity index (χ0n) is 15.1. The zero-order valence-corrected chi connectivity index (χ0v) is 16.7. The van der Waals surface area contributed by atoms with Gasteiger partial charge in [-0.25, -0.2) is 0 Å². The van der Waals surface area contributed by atoms with Crippen molar-refractivity contribution in [3.05, 3.63) is 77.1 Å². The molecule has 3 aromatic carbocycles. The van der Waals surface area contributed by atoms with E-state index in [1.165, 1.54) is 21.0 Å². The zero-order chi connectivity index (χ0) is 18.6. The molecule has 0 aliphatic heterocycles. The Labute approximate surface area is 166 Å². The minimum Gasteiger partial charge on any atom is -0.317 e. The maximum Gasteiger partial charge on any atom is 0.258 e. The Hall–Kier alpha value is -2.37. The molecule has 3 nitrogen and oxygen atoms in total. The number of fused-ring (bicyclic) bond motifs is 3. The smallest absolute Gasteiger partial charge is 0.258 e. The minimum absolute atomic E-state index is 0.0750. The van der Waals surface area contributed by atoms with E-state index < -0.39 is 0 Å². The van der Waals surface area contributed by atoms with Crippen molar-refractivity contribution in [1.82, 2.24) is 4.57 Å². The molecule has 1 heterocycles. The molecule has 136 valence electrons. The Balaban J connectivity index is 1.62. The van der Waals surface area contributed by atoms with Crippen LogP contribution >= 0.6 is 23.1 Å². The van der Waals surface area contributed by atoms with Crippen molar-refractivity contribution in [1.29, 1.82) is 0 Å². The summed E-state index contributed by atoms with van der Waals surface area (Å²) in [5.41, 5.74) is 2.37. The molecule has 0 aliphatic carbocycles. The molecule has 0 bridgehead atoms. The molecule has 0 atom stereocenters. The first-order chi connectivity index (χ1) is 13.3. The highest BCUT2D eigenvalue weighted by molar-refractivity contribution is 7.99. The van der Waals surface area contributed by atoms with E-state index in [2.05, 4.69) is 65.0 Å². The van der Waals surface area contributed by atoms with Crippen molar-refractivity contribution in [2.75, 3.05) is 5.75 Å². The molecule has 4 aromatic rings. The van der Waals surface area contributed by atoms with Crippen LogP contribution in [0.1, 0.15) is 12.5 Å². The van der Waals surface area contributed by atoms with Crippen LogP contribution < -0.4 is 4.80 Å². The number of nitrogens with zero attached hydrogens (tertiary/aromatic N) is 2. The maximum absolute atomic E-state index is 12.4. The number of aryl methyl sites for hydroxylation is 1. The van der Waals surface area contributed by atoms with E-state index in [0.29, 0.717) is 5.75 Å². The molecule has 0 saturated heterocycles. The van der Waals surface area contributed by atoms with E-state index in [4.69, 9.17) is 0 Å². The van der Waals surface area contributed by atoms with E-state index in [0.717, 1.165) is 22.6 Å². The molecule has 1 amide bonds. The Kier molecular flexibility index (Phi) is 5.41. The van der Waals surface area contributed by atoms with Gasteiger partial charge in [0.05, 0.1) is 16.0 Å². The van der Waals surface area contributed by atoms with Gasteiger partial charge in [-0.1, -0.05) is 72.0 Å². The Morgan fingerprint density at radius 3 is 2.63 bits per heavy atom. The highest BCUT2D eigenvalue weighted by atomic mass is 32.2. The Bertz CT molecular complexity index is 1160. The quantitative estimate of drug-likeness (QED) is 0.466. The van der Waals surface area contributed by atoms with Gasteiger partial charge >= 0.3 is 0 Å². The molecule has 0 radical (unpaired) electrons. The number of thiazole rings is 1. The van der Waals surface area contributed by atoms with Crippen LogP contribution in [0, 0.1) is 0 Å². The van der Waals surface area contributed by atoms with Crippen LogP contribution in [-0.2, 0) is 17.1 Å². The molecule has 1 aromatic heterocycles. The maximum atomic E-state index is 12.4. The third kappa shape index (κ3) is 3.84. The van der Waals surface area contributed by atoms with Crippen molar-refractivity contribution >= 4 is 50.0 Å². The number of hydrogen-bond acceptors (Lipinski definition) is 3. The fraction of sp³-hybridized carbons (Fsp3) is 0.182. The molecule has 5 heteroatoms. The van der Waals surface area contributed by atoms with Crippen molar-refractivity contribution in [2.45, 2.75) is 19.2 Å². The summed E-state index contributed by atoms with van der Waals surface area (Å²) >= 11 is 3.21. The molecule has 4 rings (SSSR count). The summed E-state index contributed by atoms with van der Waals surface area (Å²) in [7, 11) is 0. The van der Waals surface area contributed by atoms with E-state index in [9.17, 15) is 4.79 Å². The first-order valence-corrected chi connectivity index (χ1v) is 10.9. The summed E-state index contributed by atoms with van der Waals surface area (Å²) in [4.78, 5) is 17.6. The number of hydrogen-bond donors (Lipinski definition) is 0. The number of benzene rings is 3. The van der Waals surface area contributed by atoms with Gasteiger partial charge < -0.3 is 4.57 Å². The predicted octanol–water partition coefficient (Wildman–Crippen LogP) is 5.24. The van der Waals surface area contributed by atoms with Crippen LogP contribution in [0.2, 0.25) is 0 Å². The lowest BCUT2D eigenvalue weighted by Gasteiger charge is -2.02. The number of thioether (sulfide) groups is 1. The SMILES string of the molecule is CCn1c(=NC(=O)CSCc2ccccc2)sc2c3ccccc3ccc21. The van der Waals surface area contributed by atoms with E-state index in [1.807, 2.05) is 18.2 Å². The molecule has 0 saturated carbocycles. The summed E-state index contributed by atoms with van der Waals surface area (Å²) in [5.74, 6) is 1.15. The van der Waals surface area contributed by atoms with Crippen LogP contribution in [0.25, 0.3) is 21.0 Å². The fourth-order valence-corrected chi connectivity index (χ4v) is 5.17. The summed E-state index contributed by atoms with van der Waals surface area (Å²) in [5, 5.41) is 2.43. The van der Waals surface area contributed by atoms with Crippen LogP contribution in [0.15, 0.2) is 71.7 Å². The van der Waals surface area contributed by atoms with E-state index in [-0.39, 0.29) is 5.91 Å². The van der Waals surface area contributed by atoms with Gasteiger partial charge in [0.2, 0.25) is 0 Å². The average Bonchev–Trinajstić information content (AvgIpc) is 3.06. The largest absolute Gasteiger partial charge is 0.317 e. The summed E-state index contributed by atoms with van der Waals surface area (Å²) < 4.78 is 3.32. The van der Waals surface area contributed by atoms with Crippen molar-refractivity contribution in [3.63, 3.8) is 0 Å². The number of carbonyl (C=O) groups is 1. The second-order valence-corrected chi connectivity index (χ2v) is 8.21. The molecule has 27 heavy (non-hydrogen) atoms. The van der Waals surface area contributed by atoms with Crippen molar-refractivity contribution < 1.29 is 4.79 Å². The normalized spacial score (nSPS) is 12.1. The minimum atomic E-state index is -0.0750. The number of rotatable bonds is 5. The molecule has 0 spiro atoms. The molecular formula is C22H20N2OS2. The van der Waals surface area contributed by atoms with Gasteiger partial charge in [0.25, 0.3) is 5.91 Å². The van der Waals surface area contributed by atoms with Gasteiger partial charge in [-0.05, 0) is 23.9 Å². The van der Waals surface area contributed by atoms with Crippen molar-refractivity contribution in [3.8, 4) is 0 Å². The third-order valence-electron chi connectivity index (χ3n) is 4.45. The third-order valence-corrected chi connectivity index (χ3v) is 6.56. The van der Waals surface area contributed by atoms with Gasteiger partial charge in [0, 0.05) is 17.7 Å². The van der Waals surface area contributed by atoms with Crippen LogP contribution in [0.3, 0.4) is 0 Å². The first kappa shape index (κ1) is 18.0. The molecule has 0 N–H and O–H groups in total. The van der Waals surface area contributed by atoms with Crippen molar-refractivity contribution in [2.24, 2.45) is 4.99 Å². The number of amides is 1. The highest BCUT2D eigenvalue weighted by Crippen LogP contribution is 2.27. The van der Waals surface area contributed by atoms with Crippen LogP contribution in [0.5, 0.6) is 0 Å². The molecule has 0 unspecified atom stereocenters. The van der Waals surface area contributed by atoms with Gasteiger partial charge in [-0.3, -0.25) is 4.79 Å². The van der Waals surface area contributed by atoms with Gasteiger partial charge in [-0.15, -0.1) is 11.8 Å². The lowest BCUT2D eigenvalue weighted by Crippen LogP contribution is -2.16. The lowest BCUT2D eigenvalue weighted by molar-refractivity contribution is -0.115. The summed E-state index contributed by atoms with van der Waals surface area (Å²) in [6.07, 6.45) is 0. The number of aromatic nitrogens is 1. The predicted molar refractivity (Wildman–Crippen MR) is 116 cm³/mol. The van der Waals surface area contributed by atoms with E-state index >= 15 is 0 Å². The summed E-state index contributed by atoms with van der Waals surface area (Å²) in [6.45, 7) is 2.89. The Morgan fingerprint density at radius 1 is 1.04 bits per heavy atom. The molecule has 0 aliphatic rings. The van der Waals surface area contributed by atoms with Crippen LogP contribution in [0.4, 0.5) is 0 Å². The van der Waals surface area contributed by atoms with E-state index in [1.54, 1.807) is 23.1 Å². The average molecular weight is 393 g/mol. The lowest BCUT2D eigenvalue weighted by atomic mass is 10.1. The monoisotopic (exact) mass is 392 g/mol. The van der Waals surface area contributed by atoms with Gasteiger partial charge in [-0.2, -0.15) is 4.99 Å². The van der Waals surface area contributed by atoms with Gasteiger partial charge in [0.1, 0.15) is 0 Å². The molecule has 0 fully saturated rings. The topological polar surface area (TPSA) is 34.4 Å². The molecular weight excluding hydrogens is 372 g/mol. The van der Waals surface area contributed by atoms with Crippen LogP contribution in [-0.4, -0.2) is 16.2 Å². The Morgan fingerprint density at radius 2 is 1.81 bits per heavy atom. The number of carbonyl (C=O) groups excluding carboxylic acids is 1. The summed E-state index contributed by atoms with van der Waals surface area (Å²) in [6, 6.07) is 22.8.